The maximum absolute atomic E-state index is 4.48. The number of likely N-dealkylation sites (tertiary alicyclic amines) is 1. The average Bonchev–Trinajstić information content (AvgIpc) is 3.09. The number of anilines is 1. The lowest BCUT2D eigenvalue weighted by Crippen LogP contribution is -2.18. The van der Waals surface area contributed by atoms with Crippen LogP contribution in [0, 0.1) is 6.92 Å². The van der Waals surface area contributed by atoms with Crippen molar-refractivity contribution in [3.8, 4) is 0 Å². The van der Waals surface area contributed by atoms with E-state index in [1.165, 1.54) is 37.2 Å². The molecule has 1 aliphatic heterocycles. The van der Waals surface area contributed by atoms with E-state index in [9.17, 15) is 0 Å². The number of nitrogens with zero attached hydrogens (tertiary/aromatic N) is 2. The molecule has 20 heavy (non-hydrogen) atoms. The predicted molar refractivity (Wildman–Crippen MR) is 85.1 cm³/mol. The summed E-state index contributed by atoms with van der Waals surface area (Å²) in [5.74, 6) is 0. The molecule has 1 aliphatic rings. The largest absolute Gasteiger partial charge is 0.379 e. The van der Waals surface area contributed by atoms with Crippen LogP contribution in [-0.2, 0) is 13.1 Å². The van der Waals surface area contributed by atoms with Crippen LogP contribution in [0.25, 0.3) is 0 Å². The van der Waals surface area contributed by atoms with E-state index in [0.717, 1.165) is 23.8 Å². The van der Waals surface area contributed by atoms with Crippen molar-refractivity contribution < 1.29 is 0 Å². The zero-order valence-electron chi connectivity index (χ0n) is 11.9. The number of aryl methyl sites for hydroxylation is 1. The molecule has 3 nitrogen and oxygen atoms in total. The number of rotatable bonds is 5. The van der Waals surface area contributed by atoms with Gasteiger partial charge in [0.1, 0.15) is 5.01 Å². The number of benzene rings is 1. The van der Waals surface area contributed by atoms with E-state index in [-0.39, 0.29) is 0 Å². The Labute approximate surface area is 124 Å². The Balaban J connectivity index is 1.58. The fourth-order valence-corrected chi connectivity index (χ4v) is 3.35. The van der Waals surface area contributed by atoms with Crippen molar-refractivity contribution in [2.45, 2.75) is 32.9 Å². The Kier molecular flexibility index (Phi) is 4.33. The van der Waals surface area contributed by atoms with E-state index in [4.69, 9.17) is 0 Å². The molecular formula is C16H21N3S. The zero-order chi connectivity index (χ0) is 13.8. The summed E-state index contributed by atoms with van der Waals surface area (Å²) >= 11 is 1.72. The summed E-state index contributed by atoms with van der Waals surface area (Å²) in [6.07, 6.45) is 2.70. The number of aromatic nitrogens is 1. The Morgan fingerprint density at radius 2 is 2.15 bits per heavy atom. The zero-order valence-corrected chi connectivity index (χ0v) is 12.7. The highest BCUT2D eigenvalue weighted by molar-refractivity contribution is 7.09. The molecule has 0 saturated carbocycles. The summed E-state index contributed by atoms with van der Waals surface area (Å²) in [5, 5.41) is 6.71. The summed E-state index contributed by atoms with van der Waals surface area (Å²) in [4.78, 5) is 7.01. The molecule has 0 bridgehead atoms. The fraction of sp³-hybridized carbons (Fsp3) is 0.438. The third-order valence-electron chi connectivity index (χ3n) is 3.64. The molecule has 0 unspecified atom stereocenters. The summed E-state index contributed by atoms with van der Waals surface area (Å²) in [6.45, 7) is 6.42. The number of nitrogens with one attached hydrogen (secondary N) is 1. The number of hydrogen-bond donors (Lipinski definition) is 1. The minimum Gasteiger partial charge on any atom is -0.379 e. The summed E-state index contributed by atoms with van der Waals surface area (Å²) in [6, 6.07) is 8.75. The highest BCUT2D eigenvalue weighted by Crippen LogP contribution is 2.17. The molecule has 0 radical (unpaired) electrons. The molecule has 0 aliphatic carbocycles. The van der Waals surface area contributed by atoms with Gasteiger partial charge in [0, 0.05) is 23.3 Å². The standard InChI is InChI=1S/C16H21N3S/c1-13-12-20-16(18-13)10-17-15-6-4-5-14(9-15)11-19-7-2-3-8-19/h4-6,9,12,17H,2-3,7-8,10-11H2,1H3. The van der Waals surface area contributed by atoms with Gasteiger partial charge in [-0.3, -0.25) is 4.90 Å². The van der Waals surface area contributed by atoms with Crippen LogP contribution in [0.4, 0.5) is 5.69 Å². The van der Waals surface area contributed by atoms with Crippen molar-refractivity contribution in [2.75, 3.05) is 18.4 Å². The molecule has 3 rings (SSSR count). The summed E-state index contributed by atoms with van der Waals surface area (Å²) in [7, 11) is 0. The lowest BCUT2D eigenvalue weighted by atomic mass is 10.2. The fourth-order valence-electron chi connectivity index (χ4n) is 2.64. The lowest BCUT2D eigenvalue weighted by Gasteiger charge is -2.15. The van der Waals surface area contributed by atoms with Gasteiger partial charge in [-0.25, -0.2) is 4.98 Å². The first-order valence-corrected chi connectivity index (χ1v) is 8.14. The molecular weight excluding hydrogens is 266 g/mol. The van der Waals surface area contributed by atoms with Crippen LogP contribution in [0.5, 0.6) is 0 Å². The Hall–Kier alpha value is -1.39. The van der Waals surface area contributed by atoms with Crippen molar-refractivity contribution >= 4 is 17.0 Å². The molecule has 0 atom stereocenters. The van der Waals surface area contributed by atoms with E-state index in [0.29, 0.717) is 0 Å². The van der Waals surface area contributed by atoms with Crippen LogP contribution in [0.3, 0.4) is 0 Å². The Bertz CT molecular complexity index is 558. The molecule has 1 fully saturated rings. The quantitative estimate of drug-likeness (QED) is 0.909. The predicted octanol–water partition coefficient (Wildman–Crippen LogP) is 3.66. The van der Waals surface area contributed by atoms with Gasteiger partial charge in [-0.1, -0.05) is 12.1 Å². The monoisotopic (exact) mass is 287 g/mol. The Morgan fingerprint density at radius 3 is 2.90 bits per heavy atom. The number of hydrogen-bond acceptors (Lipinski definition) is 4. The molecule has 0 spiro atoms. The topological polar surface area (TPSA) is 28.2 Å². The highest BCUT2D eigenvalue weighted by Gasteiger charge is 2.11. The molecule has 106 valence electrons. The van der Waals surface area contributed by atoms with Crippen molar-refractivity contribution in [2.24, 2.45) is 0 Å². The van der Waals surface area contributed by atoms with Gasteiger partial charge in [0.05, 0.1) is 6.54 Å². The van der Waals surface area contributed by atoms with Crippen LogP contribution < -0.4 is 5.32 Å². The van der Waals surface area contributed by atoms with Gasteiger partial charge in [-0.05, 0) is 50.6 Å². The van der Waals surface area contributed by atoms with Crippen molar-refractivity contribution in [1.82, 2.24) is 9.88 Å². The first kappa shape index (κ1) is 13.6. The minimum absolute atomic E-state index is 0.811. The second-order valence-electron chi connectivity index (χ2n) is 5.42. The second kappa shape index (κ2) is 6.37. The molecule has 1 aromatic carbocycles. The molecule has 1 N–H and O–H groups in total. The second-order valence-corrected chi connectivity index (χ2v) is 6.36. The lowest BCUT2D eigenvalue weighted by molar-refractivity contribution is 0.331. The smallest absolute Gasteiger partial charge is 0.112 e. The first-order valence-electron chi connectivity index (χ1n) is 7.26. The average molecular weight is 287 g/mol. The van der Waals surface area contributed by atoms with Crippen molar-refractivity contribution in [3.63, 3.8) is 0 Å². The molecule has 2 heterocycles. The van der Waals surface area contributed by atoms with Gasteiger partial charge in [-0.2, -0.15) is 0 Å². The van der Waals surface area contributed by atoms with E-state index in [1.807, 2.05) is 6.92 Å². The molecule has 2 aromatic rings. The van der Waals surface area contributed by atoms with Gasteiger partial charge < -0.3 is 5.32 Å². The maximum Gasteiger partial charge on any atom is 0.112 e. The third kappa shape index (κ3) is 3.58. The van der Waals surface area contributed by atoms with Crippen LogP contribution in [0.1, 0.15) is 29.1 Å². The molecule has 4 heteroatoms. The van der Waals surface area contributed by atoms with Gasteiger partial charge in [0.25, 0.3) is 0 Å². The van der Waals surface area contributed by atoms with Gasteiger partial charge in [0.15, 0.2) is 0 Å². The normalized spacial score (nSPS) is 15.7. The van der Waals surface area contributed by atoms with Crippen molar-refractivity contribution in [3.05, 3.63) is 45.9 Å². The SMILES string of the molecule is Cc1csc(CNc2cccc(CN3CCCC3)c2)n1. The summed E-state index contributed by atoms with van der Waals surface area (Å²) in [5.41, 5.74) is 3.69. The third-order valence-corrected chi connectivity index (χ3v) is 4.61. The molecule has 1 aromatic heterocycles. The van der Waals surface area contributed by atoms with Crippen LogP contribution in [0.2, 0.25) is 0 Å². The van der Waals surface area contributed by atoms with Gasteiger partial charge in [-0.15, -0.1) is 11.3 Å². The van der Waals surface area contributed by atoms with E-state index < -0.39 is 0 Å². The van der Waals surface area contributed by atoms with E-state index in [2.05, 4.69) is 44.8 Å². The molecule has 0 amide bonds. The Morgan fingerprint density at radius 1 is 1.30 bits per heavy atom. The summed E-state index contributed by atoms with van der Waals surface area (Å²) < 4.78 is 0. The van der Waals surface area contributed by atoms with Crippen LogP contribution in [-0.4, -0.2) is 23.0 Å². The first-order chi connectivity index (χ1) is 9.79. The maximum atomic E-state index is 4.48. The molecule has 1 saturated heterocycles. The van der Waals surface area contributed by atoms with Gasteiger partial charge in [0.2, 0.25) is 0 Å². The highest BCUT2D eigenvalue weighted by atomic mass is 32.1. The minimum atomic E-state index is 0.811. The van der Waals surface area contributed by atoms with Crippen molar-refractivity contribution in [1.29, 1.82) is 0 Å². The van der Waals surface area contributed by atoms with E-state index >= 15 is 0 Å². The van der Waals surface area contributed by atoms with Crippen LogP contribution in [0.15, 0.2) is 29.6 Å². The van der Waals surface area contributed by atoms with E-state index in [1.54, 1.807) is 11.3 Å². The van der Waals surface area contributed by atoms with Crippen LogP contribution >= 0.6 is 11.3 Å². The van der Waals surface area contributed by atoms with Gasteiger partial charge >= 0.3 is 0 Å². The number of thiazole rings is 1.